The molecule has 0 atom stereocenters. The average Bonchev–Trinajstić information content (AvgIpc) is 2.41. The van der Waals surface area contributed by atoms with Crippen LogP contribution in [0.15, 0.2) is 50.7 Å². The van der Waals surface area contributed by atoms with Crippen LogP contribution in [0.4, 0.5) is 0 Å². The Bertz CT molecular complexity index is 740. The molecule has 0 saturated carbocycles. The second-order valence-corrected chi connectivity index (χ2v) is 7.46. The van der Waals surface area contributed by atoms with Crippen LogP contribution >= 0.6 is 27.5 Å². The maximum Gasteiger partial charge on any atom is 0.208 e. The molecule has 2 aromatic rings. The van der Waals surface area contributed by atoms with E-state index in [1.807, 2.05) is 6.92 Å². The van der Waals surface area contributed by atoms with Crippen LogP contribution < -0.4 is 0 Å². The predicted molar refractivity (Wildman–Crippen MR) is 81.7 cm³/mol. The Kier molecular flexibility index (Phi) is 4.54. The molecule has 2 aromatic carbocycles. The highest BCUT2D eigenvalue weighted by Crippen LogP contribution is 2.35. The SMILES string of the molecule is Cc1ccc(S(=O)(=O)c2c(Br)ccc(Cl)c2CO)cc1. The number of aliphatic hydroxyl groups excluding tert-OH is 1. The summed E-state index contributed by atoms with van der Waals surface area (Å²) in [4.78, 5) is 0.178. The van der Waals surface area contributed by atoms with Crippen LogP contribution in [0.25, 0.3) is 0 Å². The van der Waals surface area contributed by atoms with E-state index < -0.39 is 16.4 Å². The molecule has 0 aliphatic rings. The third-order valence-corrected chi connectivity index (χ3v) is 6.09. The van der Waals surface area contributed by atoms with E-state index in [2.05, 4.69) is 15.9 Å². The molecule has 0 fully saturated rings. The molecule has 6 heteroatoms. The molecule has 0 aliphatic heterocycles. The zero-order valence-corrected chi connectivity index (χ0v) is 13.8. The standard InChI is InChI=1S/C14H12BrClO3S/c1-9-2-4-10(5-3-9)20(18,19)14-11(8-17)13(16)7-6-12(14)15/h2-7,17H,8H2,1H3. The summed E-state index contributed by atoms with van der Waals surface area (Å²) in [5.41, 5.74) is 1.16. The highest BCUT2D eigenvalue weighted by molar-refractivity contribution is 9.10. The first kappa shape index (κ1) is 15.5. The number of sulfone groups is 1. The normalized spacial score (nSPS) is 11.6. The Morgan fingerprint density at radius 3 is 2.30 bits per heavy atom. The van der Waals surface area contributed by atoms with Crippen molar-refractivity contribution in [2.24, 2.45) is 0 Å². The van der Waals surface area contributed by atoms with Crippen molar-refractivity contribution in [2.45, 2.75) is 23.3 Å². The number of benzene rings is 2. The first-order valence-electron chi connectivity index (χ1n) is 5.77. The molecule has 0 aromatic heterocycles. The lowest BCUT2D eigenvalue weighted by Gasteiger charge is -2.13. The monoisotopic (exact) mass is 374 g/mol. The molecule has 2 rings (SSSR count). The van der Waals surface area contributed by atoms with Crippen molar-refractivity contribution < 1.29 is 13.5 Å². The maximum atomic E-state index is 12.7. The summed E-state index contributed by atoms with van der Waals surface area (Å²) in [7, 11) is -3.74. The van der Waals surface area contributed by atoms with Crippen LogP contribution in [0, 0.1) is 6.92 Å². The number of halogens is 2. The van der Waals surface area contributed by atoms with E-state index in [1.165, 1.54) is 0 Å². The molecule has 106 valence electrons. The van der Waals surface area contributed by atoms with Crippen molar-refractivity contribution in [1.29, 1.82) is 0 Å². The van der Waals surface area contributed by atoms with Gasteiger partial charge in [-0.25, -0.2) is 8.42 Å². The van der Waals surface area contributed by atoms with Gasteiger partial charge in [0, 0.05) is 15.1 Å². The van der Waals surface area contributed by atoms with Gasteiger partial charge in [0.25, 0.3) is 0 Å². The summed E-state index contributed by atoms with van der Waals surface area (Å²) in [5, 5.41) is 9.63. The summed E-state index contributed by atoms with van der Waals surface area (Å²) < 4.78 is 25.8. The summed E-state index contributed by atoms with van der Waals surface area (Å²) in [6.07, 6.45) is 0. The van der Waals surface area contributed by atoms with Crippen LogP contribution in [0.5, 0.6) is 0 Å². The lowest BCUT2D eigenvalue weighted by molar-refractivity contribution is 0.278. The molecular formula is C14H12BrClO3S. The van der Waals surface area contributed by atoms with E-state index in [0.717, 1.165) is 5.56 Å². The van der Waals surface area contributed by atoms with Gasteiger partial charge >= 0.3 is 0 Å². The van der Waals surface area contributed by atoms with E-state index in [1.54, 1.807) is 36.4 Å². The fourth-order valence-corrected chi connectivity index (χ4v) is 4.69. The molecule has 0 spiro atoms. The highest BCUT2D eigenvalue weighted by atomic mass is 79.9. The number of hydrogen-bond donors (Lipinski definition) is 1. The van der Waals surface area contributed by atoms with Crippen LogP contribution in [-0.4, -0.2) is 13.5 Å². The molecule has 0 amide bonds. The van der Waals surface area contributed by atoms with Crippen molar-refractivity contribution in [3.8, 4) is 0 Å². The zero-order chi connectivity index (χ0) is 14.9. The van der Waals surface area contributed by atoms with Crippen LogP contribution in [0.2, 0.25) is 5.02 Å². The Morgan fingerprint density at radius 1 is 1.15 bits per heavy atom. The van der Waals surface area contributed by atoms with E-state index in [9.17, 15) is 13.5 Å². The molecular weight excluding hydrogens is 364 g/mol. The average molecular weight is 376 g/mol. The molecule has 0 aliphatic carbocycles. The summed E-state index contributed by atoms with van der Waals surface area (Å²) in [5.74, 6) is 0. The Labute approximate surface area is 131 Å². The molecule has 0 saturated heterocycles. The van der Waals surface area contributed by atoms with Crippen LogP contribution in [0.3, 0.4) is 0 Å². The summed E-state index contributed by atoms with van der Waals surface area (Å²) in [6, 6.07) is 9.64. The molecule has 0 radical (unpaired) electrons. The van der Waals surface area contributed by atoms with Crippen molar-refractivity contribution in [2.75, 3.05) is 0 Å². The molecule has 0 heterocycles. The van der Waals surface area contributed by atoms with Gasteiger partial charge in [0.2, 0.25) is 9.84 Å². The van der Waals surface area contributed by atoms with Gasteiger partial charge in [-0.1, -0.05) is 29.3 Å². The van der Waals surface area contributed by atoms with Gasteiger partial charge in [-0.05, 0) is 47.1 Å². The minimum atomic E-state index is -3.74. The lowest BCUT2D eigenvalue weighted by atomic mass is 10.2. The van der Waals surface area contributed by atoms with Crippen LogP contribution in [0.1, 0.15) is 11.1 Å². The van der Waals surface area contributed by atoms with Crippen molar-refractivity contribution in [1.82, 2.24) is 0 Å². The smallest absolute Gasteiger partial charge is 0.208 e. The van der Waals surface area contributed by atoms with Gasteiger partial charge < -0.3 is 5.11 Å². The lowest BCUT2D eigenvalue weighted by Crippen LogP contribution is -2.07. The first-order valence-corrected chi connectivity index (χ1v) is 8.43. The second-order valence-electron chi connectivity index (χ2n) is 4.31. The number of aliphatic hydroxyl groups is 1. The number of hydrogen-bond acceptors (Lipinski definition) is 3. The molecule has 0 bridgehead atoms. The van der Waals surface area contributed by atoms with Crippen molar-refractivity contribution >= 4 is 37.4 Å². The molecule has 0 unspecified atom stereocenters. The summed E-state index contributed by atoms with van der Waals surface area (Å²) >= 11 is 9.20. The van der Waals surface area contributed by atoms with Gasteiger partial charge in [0.15, 0.2) is 0 Å². The van der Waals surface area contributed by atoms with Crippen molar-refractivity contribution in [3.63, 3.8) is 0 Å². The fraction of sp³-hybridized carbons (Fsp3) is 0.143. The third kappa shape index (κ3) is 2.76. The summed E-state index contributed by atoms with van der Waals surface area (Å²) in [6.45, 7) is 1.43. The highest BCUT2D eigenvalue weighted by Gasteiger charge is 2.25. The quantitative estimate of drug-likeness (QED) is 0.889. The Balaban J connectivity index is 2.72. The van der Waals surface area contributed by atoms with Gasteiger partial charge in [-0.3, -0.25) is 0 Å². The van der Waals surface area contributed by atoms with E-state index in [-0.39, 0.29) is 20.4 Å². The molecule has 3 nitrogen and oxygen atoms in total. The van der Waals surface area contributed by atoms with Crippen LogP contribution in [-0.2, 0) is 16.4 Å². The first-order chi connectivity index (χ1) is 9.37. The van der Waals surface area contributed by atoms with Crippen molar-refractivity contribution in [3.05, 3.63) is 57.0 Å². The Hall–Kier alpha value is -0.880. The molecule has 1 N–H and O–H groups in total. The van der Waals surface area contributed by atoms with Gasteiger partial charge in [-0.15, -0.1) is 0 Å². The fourth-order valence-electron chi connectivity index (χ4n) is 1.85. The molecule has 20 heavy (non-hydrogen) atoms. The van der Waals surface area contributed by atoms with Gasteiger partial charge in [0.1, 0.15) is 0 Å². The predicted octanol–water partition coefficient (Wildman–Crippen LogP) is 3.74. The minimum Gasteiger partial charge on any atom is -0.392 e. The second kappa shape index (κ2) is 5.85. The number of rotatable bonds is 3. The largest absolute Gasteiger partial charge is 0.392 e. The maximum absolute atomic E-state index is 12.7. The topological polar surface area (TPSA) is 54.4 Å². The van der Waals surface area contributed by atoms with E-state index >= 15 is 0 Å². The van der Waals surface area contributed by atoms with E-state index in [0.29, 0.717) is 4.47 Å². The van der Waals surface area contributed by atoms with Gasteiger partial charge in [0.05, 0.1) is 16.4 Å². The van der Waals surface area contributed by atoms with Gasteiger partial charge in [-0.2, -0.15) is 0 Å². The third-order valence-electron chi connectivity index (χ3n) is 2.91. The zero-order valence-electron chi connectivity index (χ0n) is 10.6. The Morgan fingerprint density at radius 2 is 1.75 bits per heavy atom. The minimum absolute atomic E-state index is 0.0105. The van der Waals surface area contributed by atoms with E-state index in [4.69, 9.17) is 11.6 Å². The number of aryl methyl sites for hydroxylation is 1.